The fraction of sp³-hybridized carbons (Fsp3) is 0.800. The summed E-state index contributed by atoms with van der Waals surface area (Å²) in [4.78, 5) is 10.8. The lowest BCUT2D eigenvalue weighted by Gasteiger charge is -2.04. The summed E-state index contributed by atoms with van der Waals surface area (Å²) >= 11 is 5.29. The third-order valence-electron chi connectivity index (χ3n) is 1.05. The van der Waals surface area contributed by atoms with E-state index in [1.165, 1.54) is 0 Å². The number of hydrogen-bond donors (Lipinski definition) is 3. The first kappa shape index (κ1) is 12.5. The second-order valence-electron chi connectivity index (χ2n) is 2.24. The average Bonchev–Trinajstić information content (AvgIpc) is 1.98. The van der Waals surface area contributed by atoms with Gasteiger partial charge in [-0.15, -0.1) is 11.6 Å². The van der Waals surface area contributed by atoms with Crippen LogP contribution in [-0.4, -0.2) is 39.2 Å². The van der Waals surface area contributed by atoms with Gasteiger partial charge in [0.25, 0.3) is 0 Å². The van der Waals surface area contributed by atoms with Crippen LogP contribution in [-0.2, 0) is 10.0 Å². The minimum atomic E-state index is -3.51. The Morgan fingerprint density at radius 3 is 2.31 bits per heavy atom. The van der Waals surface area contributed by atoms with Crippen LogP contribution in [0.25, 0.3) is 0 Å². The zero-order valence-electron chi connectivity index (χ0n) is 6.92. The SMILES string of the molecule is NS(=O)(=O)CCNC(=O)NCCCl. The number of urea groups is 1. The van der Waals surface area contributed by atoms with Crippen molar-refractivity contribution in [2.45, 2.75) is 0 Å². The second-order valence-corrected chi connectivity index (χ2v) is 4.35. The monoisotopic (exact) mass is 229 g/mol. The van der Waals surface area contributed by atoms with E-state index in [1.807, 2.05) is 0 Å². The number of hydrogen-bond acceptors (Lipinski definition) is 3. The van der Waals surface area contributed by atoms with Crippen LogP contribution in [0.3, 0.4) is 0 Å². The molecule has 4 N–H and O–H groups in total. The zero-order valence-corrected chi connectivity index (χ0v) is 8.49. The van der Waals surface area contributed by atoms with Crippen LogP contribution >= 0.6 is 11.6 Å². The molecule has 78 valence electrons. The quantitative estimate of drug-likeness (QED) is 0.517. The first-order chi connectivity index (χ1) is 5.95. The predicted molar refractivity (Wildman–Crippen MR) is 50.1 cm³/mol. The van der Waals surface area contributed by atoms with E-state index in [4.69, 9.17) is 16.7 Å². The van der Waals surface area contributed by atoms with Crippen molar-refractivity contribution >= 4 is 27.7 Å². The van der Waals surface area contributed by atoms with E-state index in [1.54, 1.807) is 0 Å². The van der Waals surface area contributed by atoms with Gasteiger partial charge >= 0.3 is 6.03 Å². The zero-order chi connectivity index (χ0) is 10.3. The average molecular weight is 230 g/mol. The van der Waals surface area contributed by atoms with Gasteiger partial charge in [0.2, 0.25) is 10.0 Å². The Morgan fingerprint density at radius 1 is 1.31 bits per heavy atom. The highest BCUT2D eigenvalue weighted by atomic mass is 35.5. The third-order valence-corrected chi connectivity index (χ3v) is 2.01. The molecule has 0 unspecified atom stereocenters. The maximum absolute atomic E-state index is 10.8. The van der Waals surface area contributed by atoms with Gasteiger partial charge in [0.15, 0.2) is 0 Å². The number of sulfonamides is 1. The van der Waals surface area contributed by atoms with Crippen LogP contribution in [0.2, 0.25) is 0 Å². The van der Waals surface area contributed by atoms with Crippen LogP contribution in [0, 0.1) is 0 Å². The molecule has 0 aliphatic rings. The summed E-state index contributed by atoms with van der Waals surface area (Å²) in [6, 6.07) is -0.454. The molecule has 0 heterocycles. The minimum absolute atomic E-state index is 0.00699. The van der Waals surface area contributed by atoms with Crippen LogP contribution in [0.5, 0.6) is 0 Å². The van der Waals surface area contributed by atoms with Crippen LogP contribution in [0.4, 0.5) is 4.79 Å². The molecule has 0 saturated heterocycles. The Hall–Kier alpha value is -0.530. The Morgan fingerprint density at radius 2 is 1.85 bits per heavy atom. The van der Waals surface area contributed by atoms with Gasteiger partial charge in [-0.3, -0.25) is 0 Å². The number of halogens is 1. The molecule has 0 bridgehead atoms. The van der Waals surface area contributed by atoms with E-state index < -0.39 is 16.1 Å². The van der Waals surface area contributed by atoms with Crippen molar-refractivity contribution < 1.29 is 13.2 Å². The van der Waals surface area contributed by atoms with Crippen molar-refractivity contribution in [1.82, 2.24) is 10.6 Å². The summed E-state index contributed by atoms with van der Waals surface area (Å²) in [5.41, 5.74) is 0. The largest absolute Gasteiger partial charge is 0.337 e. The number of primary sulfonamides is 1. The number of carbonyl (C=O) groups excluding carboxylic acids is 1. The normalized spacial score (nSPS) is 10.9. The number of alkyl halides is 1. The van der Waals surface area contributed by atoms with Gasteiger partial charge in [0, 0.05) is 19.0 Å². The molecule has 0 spiro atoms. The van der Waals surface area contributed by atoms with Crippen LogP contribution in [0.1, 0.15) is 0 Å². The molecule has 0 aromatic carbocycles. The third kappa shape index (κ3) is 9.38. The number of carbonyl (C=O) groups is 1. The maximum Gasteiger partial charge on any atom is 0.314 e. The fourth-order valence-electron chi connectivity index (χ4n) is 0.530. The topological polar surface area (TPSA) is 101 Å². The summed E-state index contributed by atoms with van der Waals surface area (Å²) in [6.45, 7) is 0.329. The standard InChI is InChI=1S/C5H12ClN3O3S/c6-1-2-8-5(10)9-3-4-13(7,11)12/h1-4H2,(H2,7,11,12)(H2,8,9,10). The van der Waals surface area contributed by atoms with Gasteiger partial charge in [-0.05, 0) is 0 Å². The van der Waals surface area contributed by atoms with E-state index in [2.05, 4.69) is 10.6 Å². The highest BCUT2D eigenvalue weighted by Crippen LogP contribution is 1.75. The molecule has 0 aromatic heterocycles. The van der Waals surface area contributed by atoms with Crippen molar-refractivity contribution in [3.05, 3.63) is 0 Å². The van der Waals surface area contributed by atoms with Crippen molar-refractivity contribution in [3.8, 4) is 0 Å². The Labute approximate surface area is 81.9 Å². The van der Waals surface area contributed by atoms with Crippen LogP contribution in [0.15, 0.2) is 0 Å². The molecule has 8 heteroatoms. The van der Waals surface area contributed by atoms with E-state index >= 15 is 0 Å². The molecule has 0 aromatic rings. The molecule has 0 aliphatic heterocycles. The summed E-state index contributed by atoms with van der Waals surface area (Å²) in [7, 11) is -3.51. The molecule has 0 radical (unpaired) electrons. The molecule has 0 aliphatic carbocycles. The lowest BCUT2D eigenvalue weighted by Crippen LogP contribution is -2.39. The van der Waals surface area contributed by atoms with Gasteiger partial charge in [-0.1, -0.05) is 0 Å². The van der Waals surface area contributed by atoms with E-state index in [0.717, 1.165) is 0 Å². The smallest absolute Gasteiger partial charge is 0.314 e. The Balaban J connectivity index is 3.49. The van der Waals surface area contributed by atoms with E-state index in [-0.39, 0.29) is 12.3 Å². The highest BCUT2D eigenvalue weighted by Gasteiger charge is 2.03. The summed E-state index contributed by atoms with van der Waals surface area (Å²) in [6.07, 6.45) is 0. The van der Waals surface area contributed by atoms with Gasteiger partial charge in [0.05, 0.1) is 5.75 Å². The van der Waals surface area contributed by atoms with Gasteiger partial charge in [0.1, 0.15) is 0 Å². The molecule has 0 atom stereocenters. The molecule has 13 heavy (non-hydrogen) atoms. The summed E-state index contributed by atoms with van der Waals surface area (Å²) < 4.78 is 20.8. The molecule has 0 saturated carbocycles. The summed E-state index contributed by atoms with van der Waals surface area (Å²) in [5, 5.41) is 9.41. The van der Waals surface area contributed by atoms with Gasteiger partial charge in [-0.25, -0.2) is 18.4 Å². The number of rotatable bonds is 5. The van der Waals surface area contributed by atoms with Crippen molar-refractivity contribution in [3.63, 3.8) is 0 Å². The van der Waals surface area contributed by atoms with Crippen molar-refractivity contribution in [2.75, 3.05) is 24.7 Å². The number of nitrogens with two attached hydrogens (primary N) is 1. The molecular weight excluding hydrogens is 218 g/mol. The maximum atomic E-state index is 10.8. The predicted octanol–water partition coefficient (Wildman–Crippen LogP) is -1.19. The van der Waals surface area contributed by atoms with Crippen molar-refractivity contribution in [1.29, 1.82) is 0 Å². The number of nitrogens with one attached hydrogen (secondary N) is 2. The highest BCUT2D eigenvalue weighted by molar-refractivity contribution is 7.89. The molecule has 2 amide bonds. The molecule has 0 rings (SSSR count). The second kappa shape index (κ2) is 6.01. The lowest BCUT2D eigenvalue weighted by atomic mass is 10.7. The molecule has 6 nitrogen and oxygen atoms in total. The Bertz CT molecular complexity index is 254. The molecule has 0 fully saturated rings. The molecular formula is C5H12ClN3O3S. The lowest BCUT2D eigenvalue weighted by molar-refractivity contribution is 0.242. The van der Waals surface area contributed by atoms with Crippen molar-refractivity contribution in [2.24, 2.45) is 5.14 Å². The fourth-order valence-corrected chi connectivity index (χ4v) is 1.01. The Kier molecular flexibility index (Phi) is 5.76. The first-order valence-electron chi connectivity index (χ1n) is 3.54. The number of amides is 2. The van der Waals surface area contributed by atoms with Crippen LogP contribution < -0.4 is 15.8 Å². The first-order valence-corrected chi connectivity index (χ1v) is 5.79. The summed E-state index contributed by atoms with van der Waals surface area (Å²) in [5.74, 6) is 0.0316. The van der Waals surface area contributed by atoms with E-state index in [9.17, 15) is 13.2 Å². The minimum Gasteiger partial charge on any atom is -0.337 e. The van der Waals surface area contributed by atoms with Gasteiger partial charge in [-0.2, -0.15) is 0 Å². The van der Waals surface area contributed by atoms with E-state index in [0.29, 0.717) is 12.4 Å². The van der Waals surface area contributed by atoms with Gasteiger partial charge < -0.3 is 10.6 Å².